The zero-order valence-corrected chi connectivity index (χ0v) is 34.7. The molecule has 2 unspecified atom stereocenters. The van der Waals surface area contributed by atoms with Gasteiger partial charge >= 0.3 is 0 Å². The summed E-state index contributed by atoms with van der Waals surface area (Å²) in [4.78, 5) is 66.4. The van der Waals surface area contributed by atoms with E-state index in [0.29, 0.717) is 95.6 Å². The Kier molecular flexibility index (Phi) is 11.5. The zero-order chi connectivity index (χ0) is 43.5. The summed E-state index contributed by atoms with van der Waals surface area (Å²) in [5.74, 6) is 0.157. The number of fused-ring (bicyclic) bond motifs is 2. The van der Waals surface area contributed by atoms with Gasteiger partial charge in [0.15, 0.2) is 0 Å². The molecule has 0 bridgehead atoms. The molecule has 0 aliphatic carbocycles. The van der Waals surface area contributed by atoms with E-state index in [4.69, 9.17) is 13.9 Å². The number of benzene rings is 4. The first-order valence-electron chi connectivity index (χ1n) is 20.9. The molecular formula is C48H44N8O7. The number of para-hydroxylation sites is 2. The second-order valence-corrected chi connectivity index (χ2v) is 15.7. The van der Waals surface area contributed by atoms with E-state index in [1.54, 1.807) is 84.7 Å². The van der Waals surface area contributed by atoms with E-state index in [0.717, 1.165) is 10.8 Å². The van der Waals surface area contributed by atoms with E-state index in [9.17, 15) is 19.2 Å². The smallest absolute Gasteiger partial charge is 0.272 e. The number of nitrogens with zero attached hydrogens (tertiary/aromatic N) is 6. The maximum atomic E-state index is 13.5. The van der Waals surface area contributed by atoms with Crippen molar-refractivity contribution in [3.05, 3.63) is 121 Å². The molecule has 9 rings (SSSR count). The Morgan fingerprint density at radius 1 is 0.587 bits per heavy atom. The summed E-state index contributed by atoms with van der Waals surface area (Å²) in [6, 6.07) is 32.5. The van der Waals surface area contributed by atoms with E-state index in [-0.39, 0.29) is 59.9 Å². The number of hydrogen-bond donors (Lipinski definition) is 2. The maximum absolute atomic E-state index is 13.5. The molecule has 2 aliphatic rings. The lowest BCUT2D eigenvalue weighted by Gasteiger charge is -2.32. The van der Waals surface area contributed by atoms with Gasteiger partial charge in [0, 0.05) is 71.6 Å². The van der Waals surface area contributed by atoms with Crippen LogP contribution in [0.2, 0.25) is 0 Å². The molecule has 4 amide bonds. The first kappa shape index (κ1) is 40.7. The number of carbonyl (C=O) groups excluding carboxylic acids is 4. The van der Waals surface area contributed by atoms with E-state index < -0.39 is 0 Å². The molecule has 7 aromatic rings. The van der Waals surface area contributed by atoms with Crippen molar-refractivity contribution in [3.63, 3.8) is 0 Å². The van der Waals surface area contributed by atoms with Gasteiger partial charge in [0.25, 0.3) is 11.8 Å². The molecular weight excluding hydrogens is 801 g/mol. The number of aromatic nitrogens is 4. The highest BCUT2D eigenvalue weighted by Crippen LogP contribution is 2.31. The lowest BCUT2D eigenvalue weighted by molar-refractivity contribution is -0.122. The van der Waals surface area contributed by atoms with Gasteiger partial charge in [0.05, 0.1) is 37.1 Å². The number of carbonyl (C=O) groups is 4. The number of methoxy groups -OCH3 is 2. The summed E-state index contributed by atoms with van der Waals surface area (Å²) < 4.78 is 17.1. The second-order valence-electron chi connectivity index (χ2n) is 15.7. The quantitative estimate of drug-likeness (QED) is 0.139. The summed E-state index contributed by atoms with van der Waals surface area (Å²) >= 11 is 0. The van der Waals surface area contributed by atoms with Crippen molar-refractivity contribution in [3.8, 4) is 34.4 Å². The molecule has 63 heavy (non-hydrogen) atoms. The molecule has 15 heteroatoms. The van der Waals surface area contributed by atoms with Gasteiger partial charge in [0.2, 0.25) is 23.6 Å². The van der Waals surface area contributed by atoms with Crippen LogP contribution in [0.4, 0.5) is 11.4 Å². The van der Waals surface area contributed by atoms with Crippen LogP contribution in [-0.4, -0.2) is 94.0 Å². The summed E-state index contributed by atoms with van der Waals surface area (Å²) in [5.41, 5.74) is 4.43. The van der Waals surface area contributed by atoms with Gasteiger partial charge in [-0.25, -0.2) is 9.97 Å². The fourth-order valence-corrected chi connectivity index (χ4v) is 8.26. The molecule has 5 heterocycles. The SMILES string of the molecule is COc1cc(C(=O)N2CCCC(C(=O)Nc3ccc(-c4nnc(-c5ccc(NC(=O)C6CCCN(C(=O)c7cc(OC)c8ccccc8n7)C6)cc5)o4)cc3)C2)nc2ccccc12. The highest BCUT2D eigenvalue weighted by molar-refractivity contribution is 5.99. The molecule has 2 aliphatic heterocycles. The monoisotopic (exact) mass is 844 g/mol. The van der Waals surface area contributed by atoms with E-state index >= 15 is 0 Å². The summed E-state index contributed by atoms with van der Waals surface area (Å²) in [6.07, 6.45) is 2.69. The third-order valence-corrected chi connectivity index (χ3v) is 11.6. The standard InChI is InChI=1S/C48H44N8O7/c1-61-41-25-39(51-37-13-5-3-11-35(37)41)47(59)55-23-7-9-31(27-55)43(57)49-33-19-15-29(16-20-33)45-53-54-46(63-45)30-17-21-34(22-18-30)50-44(58)32-10-8-24-56(28-32)48(60)40-26-42(62-2)36-12-4-6-14-38(36)52-40/h3-6,11-22,25-26,31-32H,7-10,23-24,27-28H2,1-2H3,(H,49,57)(H,50,58). The van der Waals surface area contributed by atoms with Crippen LogP contribution in [-0.2, 0) is 9.59 Å². The van der Waals surface area contributed by atoms with Crippen LogP contribution in [0.1, 0.15) is 46.7 Å². The van der Waals surface area contributed by atoms with Gasteiger partial charge in [-0.15, -0.1) is 10.2 Å². The number of amides is 4. The number of likely N-dealkylation sites (tertiary alicyclic amines) is 2. The van der Waals surface area contributed by atoms with Gasteiger partial charge in [-0.05, 0) is 98.5 Å². The van der Waals surface area contributed by atoms with Gasteiger partial charge in [-0.3, -0.25) is 19.2 Å². The minimum Gasteiger partial charge on any atom is -0.496 e. The fourth-order valence-electron chi connectivity index (χ4n) is 8.26. The lowest BCUT2D eigenvalue weighted by atomic mass is 9.96. The zero-order valence-electron chi connectivity index (χ0n) is 34.7. The van der Waals surface area contributed by atoms with Crippen LogP contribution in [0.3, 0.4) is 0 Å². The number of nitrogens with one attached hydrogen (secondary N) is 2. The number of hydrogen-bond acceptors (Lipinski definition) is 11. The minimum absolute atomic E-state index is 0.171. The van der Waals surface area contributed by atoms with E-state index in [1.165, 1.54) is 0 Å². The lowest BCUT2D eigenvalue weighted by Crippen LogP contribution is -2.44. The highest BCUT2D eigenvalue weighted by Gasteiger charge is 2.32. The van der Waals surface area contributed by atoms with Crippen molar-refractivity contribution < 1.29 is 33.1 Å². The Labute approximate surface area is 362 Å². The van der Waals surface area contributed by atoms with Gasteiger partial charge in [-0.2, -0.15) is 0 Å². The van der Waals surface area contributed by atoms with Crippen molar-refractivity contribution in [2.45, 2.75) is 25.7 Å². The normalized spacial score (nSPS) is 16.4. The number of rotatable bonds is 10. The second kappa shape index (κ2) is 17.7. The average Bonchev–Trinajstić information content (AvgIpc) is 3.84. The predicted molar refractivity (Wildman–Crippen MR) is 236 cm³/mol. The largest absolute Gasteiger partial charge is 0.496 e. The topological polar surface area (TPSA) is 182 Å². The average molecular weight is 845 g/mol. The maximum Gasteiger partial charge on any atom is 0.272 e. The molecule has 2 atom stereocenters. The molecule has 0 spiro atoms. The third kappa shape index (κ3) is 8.62. The fraction of sp³-hybridized carbons (Fsp3) is 0.250. The van der Waals surface area contributed by atoms with Gasteiger partial charge < -0.3 is 34.3 Å². The Morgan fingerprint density at radius 3 is 1.41 bits per heavy atom. The van der Waals surface area contributed by atoms with Crippen LogP contribution in [0.15, 0.2) is 114 Å². The Balaban J connectivity index is 0.780. The highest BCUT2D eigenvalue weighted by atomic mass is 16.5. The molecule has 15 nitrogen and oxygen atoms in total. The molecule has 3 aromatic heterocycles. The van der Waals surface area contributed by atoms with Gasteiger partial charge in [0.1, 0.15) is 22.9 Å². The predicted octanol–water partition coefficient (Wildman–Crippen LogP) is 7.50. The van der Waals surface area contributed by atoms with Crippen molar-refractivity contribution >= 4 is 56.8 Å². The Bertz CT molecular complexity index is 2650. The number of pyridine rings is 2. The van der Waals surface area contributed by atoms with Crippen molar-refractivity contribution in [2.75, 3.05) is 51.0 Å². The summed E-state index contributed by atoms with van der Waals surface area (Å²) in [6.45, 7) is 1.63. The van der Waals surface area contributed by atoms with Crippen LogP contribution in [0, 0.1) is 11.8 Å². The van der Waals surface area contributed by atoms with E-state index in [2.05, 4.69) is 30.8 Å². The Morgan fingerprint density at radius 2 is 1.00 bits per heavy atom. The molecule has 0 radical (unpaired) electrons. The number of piperidine rings is 2. The first-order chi connectivity index (χ1) is 30.7. The molecule has 2 N–H and O–H groups in total. The Hall–Kier alpha value is -7.68. The number of anilines is 2. The third-order valence-electron chi connectivity index (χ3n) is 11.6. The first-order valence-corrected chi connectivity index (χ1v) is 20.9. The summed E-state index contributed by atoms with van der Waals surface area (Å²) in [7, 11) is 3.13. The van der Waals surface area contributed by atoms with Crippen LogP contribution in [0.5, 0.6) is 11.5 Å². The molecule has 0 saturated carbocycles. The molecule has 318 valence electrons. The van der Waals surface area contributed by atoms with Crippen molar-refractivity contribution in [1.82, 2.24) is 30.0 Å². The number of ether oxygens (including phenoxy) is 2. The van der Waals surface area contributed by atoms with Crippen molar-refractivity contribution in [2.24, 2.45) is 11.8 Å². The molecule has 2 saturated heterocycles. The van der Waals surface area contributed by atoms with Crippen LogP contribution in [0.25, 0.3) is 44.7 Å². The van der Waals surface area contributed by atoms with Gasteiger partial charge in [-0.1, -0.05) is 24.3 Å². The van der Waals surface area contributed by atoms with Crippen LogP contribution >= 0.6 is 0 Å². The molecule has 2 fully saturated rings. The minimum atomic E-state index is -0.388. The van der Waals surface area contributed by atoms with Crippen LogP contribution < -0.4 is 20.1 Å². The van der Waals surface area contributed by atoms with Crippen molar-refractivity contribution in [1.29, 1.82) is 0 Å². The molecule has 4 aromatic carbocycles. The summed E-state index contributed by atoms with van der Waals surface area (Å²) in [5, 5.41) is 16.1. The van der Waals surface area contributed by atoms with E-state index in [1.807, 2.05) is 48.5 Å².